The number of hydrogen-bond donors (Lipinski definition) is 0. The Balaban J connectivity index is 2.83. The molecule has 0 N–H and O–H groups in total. The number of benzene rings is 1. The molecular weight excluding hydrogens is 278 g/mol. The number of halogens is 3. The molecule has 0 aliphatic carbocycles. The van der Waals surface area contributed by atoms with Gasteiger partial charge >= 0.3 is 0 Å². The Morgan fingerprint density at radius 1 is 1.31 bits per heavy atom. The lowest BCUT2D eigenvalue weighted by Crippen LogP contribution is -1.99. The van der Waals surface area contributed by atoms with E-state index in [1.54, 1.807) is 24.3 Å². The Morgan fingerprint density at radius 2 is 1.94 bits per heavy atom. The second kappa shape index (κ2) is 5.84. The minimum atomic E-state index is -3.67. The second-order valence-electron chi connectivity index (χ2n) is 2.99. The van der Waals surface area contributed by atoms with Crippen molar-refractivity contribution in [1.29, 1.82) is 0 Å². The van der Waals surface area contributed by atoms with Gasteiger partial charge < -0.3 is 0 Å². The molecule has 0 amide bonds. The SMILES string of the molecule is O=S(=O)(Cl)Cc1ccccc1SCC(F)F. The molecule has 0 radical (unpaired) electrons. The summed E-state index contributed by atoms with van der Waals surface area (Å²) in [7, 11) is 1.45. The first-order valence-electron chi connectivity index (χ1n) is 4.29. The third kappa shape index (κ3) is 5.14. The van der Waals surface area contributed by atoms with Crippen LogP contribution in [0.15, 0.2) is 29.2 Å². The lowest BCUT2D eigenvalue weighted by molar-refractivity contribution is 0.177. The van der Waals surface area contributed by atoms with Crippen LogP contribution in [0, 0.1) is 0 Å². The van der Waals surface area contributed by atoms with E-state index in [9.17, 15) is 17.2 Å². The Morgan fingerprint density at radius 3 is 2.50 bits per heavy atom. The zero-order valence-electron chi connectivity index (χ0n) is 8.07. The summed E-state index contributed by atoms with van der Waals surface area (Å²) in [6, 6.07) is 6.47. The molecule has 0 fully saturated rings. The molecule has 1 rings (SSSR count). The Kier molecular flexibility index (Phi) is 5.01. The average molecular weight is 287 g/mol. The maximum atomic E-state index is 12.0. The largest absolute Gasteiger partial charge is 0.247 e. The van der Waals surface area contributed by atoms with Gasteiger partial charge in [-0.15, -0.1) is 11.8 Å². The minimum Gasteiger partial charge on any atom is -0.212 e. The van der Waals surface area contributed by atoms with Crippen molar-refractivity contribution >= 4 is 31.5 Å². The van der Waals surface area contributed by atoms with E-state index in [4.69, 9.17) is 10.7 Å². The zero-order valence-corrected chi connectivity index (χ0v) is 10.5. The highest BCUT2D eigenvalue weighted by atomic mass is 35.7. The monoisotopic (exact) mass is 286 g/mol. The quantitative estimate of drug-likeness (QED) is 0.616. The highest BCUT2D eigenvalue weighted by Gasteiger charge is 2.12. The first kappa shape index (κ1) is 13.7. The Bertz CT molecular complexity index is 449. The van der Waals surface area contributed by atoms with Crippen molar-refractivity contribution in [3.05, 3.63) is 29.8 Å². The third-order valence-corrected chi connectivity index (χ3v) is 3.78. The van der Waals surface area contributed by atoms with Crippen LogP contribution in [0.5, 0.6) is 0 Å². The van der Waals surface area contributed by atoms with E-state index in [-0.39, 0.29) is 11.5 Å². The molecule has 1 aromatic rings. The highest BCUT2D eigenvalue weighted by molar-refractivity contribution is 8.13. The van der Waals surface area contributed by atoms with Gasteiger partial charge in [-0.25, -0.2) is 17.2 Å². The lowest BCUT2D eigenvalue weighted by atomic mass is 10.2. The van der Waals surface area contributed by atoms with E-state index in [1.165, 1.54) is 0 Å². The molecule has 0 atom stereocenters. The second-order valence-corrected chi connectivity index (χ2v) is 6.83. The van der Waals surface area contributed by atoms with Crippen molar-refractivity contribution in [3.8, 4) is 0 Å². The van der Waals surface area contributed by atoms with Crippen LogP contribution in [0.2, 0.25) is 0 Å². The van der Waals surface area contributed by atoms with E-state index in [1.807, 2.05) is 0 Å². The van der Waals surface area contributed by atoms with Gasteiger partial charge in [-0.1, -0.05) is 18.2 Å². The topological polar surface area (TPSA) is 34.1 Å². The fourth-order valence-electron chi connectivity index (χ4n) is 1.10. The maximum Gasteiger partial charge on any atom is 0.247 e. The first-order valence-corrected chi connectivity index (χ1v) is 7.76. The smallest absolute Gasteiger partial charge is 0.212 e. The Hall–Kier alpha value is -0.330. The van der Waals surface area contributed by atoms with Crippen LogP contribution < -0.4 is 0 Å². The van der Waals surface area contributed by atoms with Gasteiger partial charge in [0.1, 0.15) is 0 Å². The van der Waals surface area contributed by atoms with Crippen molar-refractivity contribution < 1.29 is 17.2 Å². The van der Waals surface area contributed by atoms with Gasteiger partial charge in [-0.05, 0) is 11.6 Å². The van der Waals surface area contributed by atoms with Crippen molar-refractivity contribution in [1.82, 2.24) is 0 Å². The number of rotatable bonds is 5. The number of hydrogen-bond acceptors (Lipinski definition) is 3. The molecule has 0 saturated carbocycles. The summed E-state index contributed by atoms with van der Waals surface area (Å²) < 4.78 is 45.8. The maximum absolute atomic E-state index is 12.0. The fraction of sp³-hybridized carbons (Fsp3) is 0.333. The predicted molar refractivity (Wildman–Crippen MR) is 61.6 cm³/mol. The normalized spacial score (nSPS) is 12.0. The molecule has 1 aromatic carbocycles. The summed E-state index contributed by atoms with van der Waals surface area (Å²) in [5, 5.41) is 0. The molecule has 0 spiro atoms. The van der Waals surface area contributed by atoms with E-state index < -0.39 is 15.5 Å². The summed E-state index contributed by atoms with van der Waals surface area (Å²) in [4.78, 5) is 0.520. The minimum absolute atomic E-state index is 0.346. The molecule has 0 heterocycles. The van der Waals surface area contributed by atoms with Crippen LogP contribution >= 0.6 is 22.4 Å². The zero-order chi connectivity index (χ0) is 12.2. The summed E-state index contributed by atoms with van der Waals surface area (Å²) >= 11 is 0.923. The fourth-order valence-corrected chi connectivity index (χ4v) is 2.98. The van der Waals surface area contributed by atoms with Crippen LogP contribution in [0.4, 0.5) is 8.78 Å². The van der Waals surface area contributed by atoms with Gasteiger partial charge in [-0.2, -0.15) is 0 Å². The molecule has 0 aromatic heterocycles. The van der Waals surface area contributed by atoms with Gasteiger partial charge in [0.2, 0.25) is 15.5 Å². The molecule has 16 heavy (non-hydrogen) atoms. The van der Waals surface area contributed by atoms with Crippen LogP contribution in [0.3, 0.4) is 0 Å². The Labute approximate surface area is 101 Å². The standard InChI is InChI=1S/C9H9ClF2O2S2/c10-16(13,14)6-7-3-1-2-4-8(7)15-5-9(11)12/h1-4,9H,5-6H2. The van der Waals surface area contributed by atoms with Crippen LogP contribution in [0.1, 0.15) is 5.56 Å². The van der Waals surface area contributed by atoms with E-state index in [2.05, 4.69) is 0 Å². The summed E-state index contributed by atoms with van der Waals surface area (Å²) in [5.41, 5.74) is 0.447. The predicted octanol–water partition coefficient (Wildman–Crippen LogP) is 3.11. The molecule has 0 saturated heterocycles. The van der Waals surface area contributed by atoms with Gasteiger partial charge in [0.05, 0.1) is 11.5 Å². The summed E-state index contributed by atoms with van der Waals surface area (Å²) in [6.07, 6.45) is -2.43. The van der Waals surface area contributed by atoms with Crippen LogP contribution in [0.25, 0.3) is 0 Å². The van der Waals surface area contributed by atoms with Gasteiger partial charge in [0.15, 0.2) is 0 Å². The molecule has 0 aliphatic rings. The lowest BCUT2D eigenvalue weighted by Gasteiger charge is -2.06. The first-order chi connectivity index (χ1) is 7.38. The molecule has 0 unspecified atom stereocenters. The van der Waals surface area contributed by atoms with Crippen molar-refractivity contribution in [2.24, 2.45) is 0 Å². The van der Waals surface area contributed by atoms with Crippen molar-refractivity contribution in [3.63, 3.8) is 0 Å². The van der Waals surface area contributed by atoms with E-state index >= 15 is 0 Å². The third-order valence-electron chi connectivity index (χ3n) is 1.67. The molecule has 90 valence electrons. The van der Waals surface area contributed by atoms with Crippen molar-refractivity contribution in [2.45, 2.75) is 17.1 Å². The number of alkyl halides is 2. The molecule has 0 bridgehead atoms. The molecule has 2 nitrogen and oxygen atoms in total. The molecular formula is C9H9ClF2O2S2. The van der Waals surface area contributed by atoms with Gasteiger partial charge in [-0.3, -0.25) is 0 Å². The van der Waals surface area contributed by atoms with Gasteiger partial charge in [0.25, 0.3) is 0 Å². The number of thioether (sulfide) groups is 1. The highest BCUT2D eigenvalue weighted by Crippen LogP contribution is 2.26. The van der Waals surface area contributed by atoms with Crippen LogP contribution in [-0.4, -0.2) is 20.6 Å². The van der Waals surface area contributed by atoms with Crippen LogP contribution in [-0.2, 0) is 14.8 Å². The summed E-state index contributed by atoms with van der Waals surface area (Å²) in [5.74, 6) is -0.708. The van der Waals surface area contributed by atoms with E-state index in [0.717, 1.165) is 11.8 Å². The van der Waals surface area contributed by atoms with Gasteiger partial charge in [0, 0.05) is 15.6 Å². The summed E-state index contributed by atoms with van der Waals surface area (Å²) in [6.45, 7) is 0. The molecule has 7 heteroatoms. The molecule has 0 aliphatic heterocycles. The average Bonchev–Trinajstić information content (AvgIpc) is 2.14. The van der Waals surface area contributed by atoms with Crippen molar-refractivity contribution in [2.75, 3.05) is 5.75 Å². The van der Waals surface area contributed by atoms with E-state index in [0.29, 0.717) is 10.5 Å².